The van der Waals surface area contributed by atoms with E-state index in [9.17, 15) is 14.7 Å². The molecule has 4 rings (SSSR count). The number of fused-ring (bicyclic) bond motifs is 1. The van der Waals surface area contributed by atoms with E-state index in [1.807, 2.05) is 37.3 Å². The largest absolute Gasteiger partial charge is 0.388 e. The quantitative estimate of drug-likeness (QED) is 0.652. The van der Waals surface area contributed by atoms with Gasteiger partial charge in [-0.25, -0.2) is 9.78 Å². The molecule has 2 heterocycles. The molecule has 1 N–H and O–H groups in total. The third kappa shape index (κ3) is 4.49. The molecule has 3 aromatic rings. The molecule has 0 bridgehead atoms. The van der Waals surface area contributed by atoms with Gasteiger partial charge in [-0.15, -0.1) is 0 Å². The summed E-state index contributed by atoms with van der Waals surface area (Å²) in [5.74, 6) is 0. The number of piperidine rings is 1. The molecule has 7 nitrogen and oxygen atoms in total. The average molecular weight is 455 g/mol. The Morgan fingerprint density at radius 3 is 2.59 bits per heavy atom. The number of carbonyl (C=O) groups excluding carboxylic acids is 1. The van der Waals surface area contributed by atoms with Crippen molar-refractivity contribution in [2.75, 3.05) is 20.1 Å². The van der Waals surface area contributed by atoms with Crippen molar-refractivity contribution in [3.8, 4) is 0 Å². The second kappa shape index (κ2) is 8.92. The predicted octanol–water partition coefficient (Wildman–Crippen LogP) is 3.69. The van der Waals surface area contributed by atoms with E-state index in [1.165, 1.54) is 10.9 Å². The van der Waals surface area contributed by atoms with Crippen LogP contribution in [0, 0.1) is 0 Å². The molecule has 1 saturated heterocycles. The van der Waals surface area contributed by atoms with Gasteiger partial charge in [0.15, 0.2) is 0 Å². The van der Waals surface area contributed by atoms with Crippen molar-refractivity contribution in [2.24, 2.45) is 0 Å². The van der Waals surface area contributed by atoms with Gasteiger partial charge in [-0.05, 0) is 43.5 Å². The molecule has 168 valence electrons. The highest BCUT2D eigenvalue weighted by Gasteiger charge is 2.36. The molecule has 0 saturated carbocycles. The first-order valence-electron chi connectivity index (χ1n) is 10.7. The summed E-state index contributed by atoms with van der Waals surface area (Å²) < 4.78 is 1.44. The molecule has 2 amide bonds. The first kappa shape index (κ1) is 22.3. The van der Waals surface area contributed by atoms with Crippen molar-refractivity contribution < 1.29 is 9.90 Å². The molecule has 1 aliphatic rings. The maximum absolute atomic E-state index is 13.0. The lowest BCUT2D eigenvalue weighted by Gasteiger charge is -2.40. The third-order valence-corrected chi connectivity index (χ3v) is 6.62. The summed E-state index contributed by atoms with van der Waals surface area (Å²) in [6.07, 6.45) is 2.22. The van der Waals surface area contributed by atoms with E-state index in [0.29, 0.717) is 41.9 Å². The number of aromatic nitrogens is 2. The van der Waals surface area contributed by atoms with Gasteiger partial charge in [0.05, 0.1) is 35.4 Å². The van der Waals surface area contributed by atoms with Crippen molar-refractivity contribution in [3.05, 3.63) is 75.8 Å². The van der Waals surface area contributed by atoms with Crippen LogP contribution in [0.1, 0.15) is 31.4 Å². The number of carbonyl (C=O) groups is 1. The topological polar surface area (TPSA) is 78.7 Å². The molecule has 0 aliphatic carbocycles. The fraction of sp³-hybridized carbons (Fsp3) is 0.375. The van der Waals surface area contributed by atoms with Crippen molar-refractivity contribution >= 4 is 28.5 Å². The van der Waals surface area contributed by atoms with Crippen LogP contribution in [-0.4, -0.2) is 56.2 Å². The molecule has 1 atom stereocenters. The van der Waals surface area contributed by atoms with E-state index in [-0.39, 0.29) is 24.2 Å². The first-order chi connectivity index (χ1) is 15.3. The van der Waals surface area contributed by atoms with Crippen molar-refractivity contribution in [3.63, 3.8) is 0 Å². The Bertz CT molecular complexity index is 1170. The first-order valence-corrected chi connectivity index (χ1v) is 11.1. The summed E-state index contributed by atoms with van der Waals surface area (Å²) in [6.45, 7) is 2.98. The molecule has 0 spiro atoms. The van der Waals surface area contributed by atoms with Crippen molar-refractivity contribution in [2.45, 2.75) is 38.0 Å². The minimum Gasteiger partial charge on any atom is -0.388 e. The average Bonchev–Trinajstić information content (AvgIpc) is 2.80. The van der Waals surface area contributed by atoms with Gasteiger partial charge in [-0.1, -0.05) is 41.9 Å². The van der Waals surface area contributed by atoms with Crippen molar-refractivity contribution in [1.29, 1.82) is 0 Å². The number of aliphatic hydroxyl groups is 1. The number of benzene rings is 2. The molecule has 1 aliphatic heterocycles. The Morgan fingerprint density at radius 1 is 1.22 bits per heavy atom. The van der Waals surface area contributed by atoms with Gasteiger partial charge in [0.1, 0.15) is 0 Å². The van der Waals surface area contributed by atoms with Gasteiger partial charge in [0, 0.05) is 25.2 Å². The zero-order valence-corrected chi connectivity index (χ0v) is 19.0. The molecule has 0 unspecified atom stereocenters. The number of hydrogen-bond donors (Lipinski definition) is 1. The van der Waals surface area contributed by atoms with Crippen LogP contribution in [0.3, 0.4) is 0 Å². The number of halogens is 1. The highest BCUT2D eigenvalue weighted by atomic mass is 35.5. The van der Waals surface area contributed by atoms with Gasteiger partial charge in [-0.3, -0.25) is 9.36 Å². The van der Waals surface area contributed by atoms with Gasteiger partial charge in [0.2, 0.25) is 0 Å². The zero-order valence-electron chi connectivity index (χ0n) is 18.2. The number of amides is 2. The predicted molar refractivity (Wildman–Crippen MR) is 125 cm³/mol. The van der Waals surface area contributed by atoms with Crippen LogP contribution in [0.25, 0.3) is 10.9 Å². The van der Waals surface area contributed by atoms with Crippen LogP contribution in [0.5, 0.6) is 0 Å². The normalized spacial score (nSPS) is 16.7. The Labute approximate surface area is 191 Å². The van der Waals surface area contributed by atoms with E-state index in [1.54, 1.807) is 35.0 Å². The third-order valence-electron chi connectivity index (χ3n) is 6.38. The lowest BCUT2D eigenvalue weighted by molar-refractivity contribution is -0.0292. The molecular formula is C24H27ClN4O3. The summed E-state index contributed by atoms with van der Waals surface area (Å²) in [7, 11) is 1.80. The maximum atomic E-state index is 13.0. The van der Waals surface area contributed by atoms with E-state index in [4.69, 9.17) is 11.6 Å². The molecule has 1 aromatic heterocycles. The lowest BCUT2D eigenvalue weighted by Crippen LogP contribution is -2.52. The van der Waals surface area contributed by atoms with Crippen LogP contribution in [0.15, 0.2) is 59.7 Å². The smallest absolute Gasteiger partial charge is 0.320 e. The maximum Gasteiger partial charge on any atom is 0.320 e. The highest BCUT2D eigenvalue weighted by Crippen LogP contribution is 2.27. The van der Waals surface area contributed by atoms with Crippen molar-refractivity contribution in [1.82, 2.24) is 19.4 Å². The molecule has 32 heavy (non-hydrogen) atoms. The SMILES string of the molecule is C[C@@H](c1ccccc1)N(C)C(=O)N1CCC(O)(Cn2cnc3cc(Cl)ccc3c2=O)CC1. The number of nitrogens with zero attached hydrogens (tertiary/aromatic N) is 4. The molecule has 2 aromatic carbocycles. The van der Waals surface area contributed by atoms with E-state index < -0.39 is 5.60 Å². The fourth-order valence-electron chi connectivity index (χ4n) is 4.18. The molecule has 0 radical (unpaired) electrons. The summed E-state index contributed by atoms with van der Waals surface area (Å²) in [5, 5.41) is 12.1. The van der Waals surface area contributed by atoms with Gasteiger partial charge >= 0.3 is 6.03 Å². The van der Waals surface area contributed by atoms with Crippen LogP contribution in [0.2, 0.25) is 5.02 Å². The Hall–Kier alpha value is -2.90. The zero-order chi connectivity index (χ0) is 22.9. The number of hydrogen-bond acceptors (Lipinski definition) is 4. The van der Waals surface area contributed by atoms with E-state index in [2.05, 4.69) is 4.98 Å². The lowest BCUT2D eigenvalue weighted by atomic mass is 9.91. The Kier molecular flexibility index (Phi) is 6.22. The van der Waals surface area contributed by atoms with Gasteiger partial charge in [0.25, 0.3) is 5.56 Å². The van der Waals surface area contributed by atoms with Gasteiger partial charge < -0.3 is 14.9 Å². The fourth-order valence-corrected chi connectivity index (χ4v) is 4.34. The monoisotopic (exact) mass is 454 g/mol. The number of rotatable bonds is 4. The van der Waals surface area contributed by atoms with Gasteiger partial charge in [-0.2, -0.15) is 0 Å². The Balaban J connectivity index is 1.42. The Morgan fingerprint density at radius 2 is 1.91 bits per heavy atom. The second-order valence-electron chi connectivity index (χ2n) is 8.53. The molecular weight excluding hydrogens is 428 g/mol. The highest BCUT2D eigenvalue weighted by molar-refractivity contribution is 6.31. The second-order valence-corrected chi connectivity index (χ2v) is 8.97. The van der Waals surface area contributed by atoms with Crippen LogP contribution >= 0.6 is 11.6 Å². The number of likely N-dealkylation sites (tertiary alicyclic amines) is 1. The van der Waals surface area contributed by atoms with Crippen LogP contribution in [0.4, 0.5) is 4.79 Å². The van der Waals surface area contributed by atoms with E-state index >= 15 is 0 Å². The molecule has 8 heteroatoms. The summed E-state index contributed by atoms with van der Waals surface area (Å²) in [5.41, 5.74) is 0.310. The summed E-state index contributed by atoms with van der Waals surface area (Å²) >= 11 is 5.98. The summed E-state index contributed by atoms with van der Waals surface area (Å²) in [6, 6.07) is 14.7. The van der Waals surface area contributed by atoms with Crippen LogP contribution < -0.4 is 5.56 Å². The minimum absolute atomic E-state index is 0.0553. The molecule has 1 fully saturated rings. The minimum atomic E-state index is -1.08. The summed E-state index contributed by atoms with van der Waals surface area (Å²) in [4.78, 5) is 33.6. The standard InChI is InChI=1S/C24H27ClN4O3/c1-17(18-6-4-3-5-7-18)27(2)23(31)28-12-10-24(32,11-13-28)15-29-16-26-21-14-19(25)8-9-20(21)22(29)30/h3-9,14,16-17,32H,10-13,15H2,1-2H3/t17-/m0/s1. The van der Waals surface area contributed by atoms with Crippen LogP contribution in [-0.2, 0) is 6.54 Å². The van der Waals surface area contributed by atoms with E-state index in [0.717, 1.165) is 5.56 Å². The number of urea groups is 1.